The number of carbonyl (C=O) groups is 1. The molecular weight excluding hydrogens is 393 g/mol. The van der Waals surface area contributed by atoms with Gasteiger partial charge in [-0.2, -0.15) is 0 Å². The molecule has 0 aliphatic carbocycles. The molecular formula is C21H24FN3O3S. The summed E-state index contributed by atoms with van der Waals surface area (Å²) >= 11 is 1.46. The van der Waals surface area contributed by atoms with Gasteiger partial charge in [0.1, 0.15) is 11.6 Å². The molecule has 1 aliphatic rings. The van der Waals surface area contributed by atoms with Crippen LogP contribution in [0.25, 0.3) is 0 Å². The Hall–Kier alpha value is -2.61. The Morgan fingerprint density at radius 2 is 2.00 bits per heavy atom. The zero-order valence-corrected chi connectivity index (χ0v) is 17.7. The van der Waals surface area contributed by atoms with Crippen LogP contribution in [0.4, 0.5) is 10.2 Å². The quantitative estimate of drug-likeness (QED) is 0.416. The molecule has 3 rings (SSSR count). The summed E-state index contributed by atoms with van der Waals surface area (Å²) in [6.45, 7) is 7.32. The van der Waals surface area contributed by atoms with E-state index in [1.807, 2.05) is 6.92 Å². The van der Waals surface area contributed by atoms with Gasteiger partial charge in [-0.05, 0) is 44.9 Å². The molecule has 8 heteroatoms. The summed E-state index contributed by atoms with van der Waals surface area (Å²) in [5.41, 5.74) is 1.48. The van der Waals surface area contributed by atoms with Crippen molar-refractivity contribution in [1.82, 2.24) is 9.97 Å². The highest BCUT2D eigenvalue weighted by atomic mass is 32.2. The van der Waals surface area contributed by atoms with Crippen molar-refractivity contribution in [2.45, 2.75) is 51.3 Å². The molecule has 1 aromatic carbocycles. The number of esters is 1. The van der Waals surface area contributed by atoms with Crippen molar-refractivity contribution >= 4 is 23.5 Å². The van der Waals surface area contributed by atoms with Gasteiger partial charge in [0.25, 0.3) is 5.56 Å². The SMILES string of the molecule is CCCSc1nc2c(c(=O)[nH]1)[C@H](c1ccc(F)cc1)C(C(=O)OC(C)C)=C(C)N2. The first-order valence-corrected chi connectivity index (χ1v) is 10.5. The lowest BCUT2D eigenvalue weighted by Crippen LogP contribution is -2.31. The second-order valence-corrected chi connectivity index (χ2v) is 8.17. The molecule has 0 saturated heterocycles. The smallest absolute Gasteiger partial charge is 0.337 e. The van der Waals surface area contributed by atoms with E-state index >= 15 is 0 Å². The van der Waals surface area contributed by atoms with E-state index in [1.165, 1.54) is 23.9 Å². The number of hydrogen-bond donors (Lipinski definition) is 2. The van der Waals surface area contributed by atoms with Gasteiger partial charge in [-0.1, -0.05) is 30.8 Å². The second kappa shape index (κ2) is 8.82. The topological polar surface area (TPSA) is 84.1 Å². The Balaban J connectivity index is 2.17. The van der Waals surface area contributed by atoms with Crippen LogP contribution in [0, 0.1) is 5.82 Å². The number of aromatic amines is 1. The minimum atomic E-state index is -0.709. The fourth-order valence-corrected chi connectivity index (χ4v) is 3.95. The molecule has 0 fully saturated rings. The average Bonchev–Trinajstić information content (AvgIpc) is 2.65. The number of ether oxygens (including phenoxy) is 1. The molecule has 154 valence electrons. The van der Waals surface area contributed by atoms with Crippen LogP contribution in [-0.4, -0.2) is 27.8 Å². The summed E-state index contributed by atoms with van der Waals surface area (Å²) in [7, 11) is 0. The molecule has 29 heavy (non-hydrogen) atoms. The number of halogens is 1. The largest absolute Gasteiger partial charge is 0.460 e. The Labute approximate surface area is 173 Å². The van der Waals surface area contributed by atoms with E-state index in [0.717, 1.165) is 12.2 Å². The van der Waals surface area contributed by atoms with Crippen molar-refractivity contribution in [3.05, 3.63) is 62.8 Å². The highest BCUT2D eigenvalue weighted by Crippen LogP contribution is 2.40. The predicted octanol–water partition coefficient (Wildman–Crippen LogP) is 4.19. The number of allylic oxidation sites excluding steroid dienone is 1. The highest BCUT2D eigenvalue weighted by molar-refractivity contribution is 7.99. The number of fused-ring (bicyclic) bond motifs is 1. The van der Waals surface area contributed by atoms with Crippen LogP contribution >= 0.6 is 11.8 Å². The summed E-state index contributed by atoms with van der Waals surface area (Å²) in [5.74, 6) is -0.397. The van der Waals surface area contributed by atoms with Gasteiger partial charge in [0.2, 0.25) is 0 Å². The highest BCUT2D eigenvalue weighted by Gasteiger charge is 2.36. The Bertz CT molecular complexity index is 999. The van der Waals surface area contributed by atoms with E-state index in [0.29, 0.717) is 33.4 Å². The van der Waals surface area contributed by atoms with Crippen LogP contribution in [0.15, 0.2) is 45.5 Å². The summed E-state index contributed by atoms with van der Waals surface area (Å²) in [6.07, 6.45) is 0.628. The molecule has 1 aliphatic heterocycles. The summed E-state index contributed by atoms with van der Waals surface area (Å²) in [5, 5.41) is 3.61. The summed E-state index contributed by atoms with van der Waals surface area (Å²) < 4.78 is 18.9. The van der Waals surface area contributed by atoms with Crippen molar-refractivity contribution in [3.63, 3.8) is 0 Å². The Kier molecular flexibility index (Phi) is 6.42. The van der Waals surface area contributed by atoms with Crippen LogP contribution in [-0.2, 0) is 9.53 Å². The van der Waals surface area contributed by atoms with Crippen LogP contribution < -0.4 is 10.9 Å². The van der Waals surface area contributed by atoms with Crippen LogP contribution in [0.1, 0.15) is 51.2 Å². The van der Waals surface area contributed by atoms with Crippen LogP contribution in [0.5, 0.6) is 0 Å². The van der Waals surface area contributed by atoms with Crippen molar-refractivity contribution in [3.8, 4) is 0 Å². The number of thioether (sulfide) groups is 1. The Morgan fingerprint density at radius 3 is 2.62 bits per heavy atom. The molecule has 6 nitrogen and oxygen atoms in total. The first-order valence-electron chi connectivity index (χ1n) is 9.53. The van der Waals surface area contributed by atoms with Gasteiger partial charge >= 0.3 is 5.97 Å². The number of aromatic nitrogens is 2. The maximum atomic E-state index is 13.5. The van der Waals surface area contributed by atoms with E-state index < -0.39 is 17.7 Å². The molecule has 0 bridgehead atoms. The van der Waals surface area contributed by atoms with E-state index in [4.69, 9.17) is 4.74 Å². The molecule has 0 saturated carbocycles. The van der Waals surface area contributed by atoms with Crippen LogP contribution in [0.2, 0.25) is 0 Å². The molecule has 0 amide bonds. The fraction of sp³-hybridized carbons (Fsp3) is 0.381. The summed E-state index contributed by atoms with van der Waals surface area (Å²) in [6, 6.07) is 5.77. The average molecular weight is 418 g/mol. The molecule has 1 atom stereocenters. The molecule has 2 heterocycles. The molecule has 2 N–H and O–H groups in total. The van der Waals surface area contributed by atoms with E-state index in [9.17, 15) is 14.0 Å². The maximum Gasteiger partial charge on any atom is 0.337 e. The van der Waals surface area contributed by atoms with Gasteiger partial charge in [0, 0.05) is 11.4 Å². The van der Waals surface area contributed by atoms with Gasteiger partial charge in [-0.3, -0.25) is 4.79 Å². The zero-order valence-electron chi connectivity index (χ0n) is 16.8. The third-order valence-electron chi connectivity index (χ3n) is 4.43. The molecule has 0 spiro atoms. The van der Waals surface area contributed by atoms with Crippen molar-refractivity contribution in [2.24, 2.45) is 0 Å². The van der Waals surface area contributed by atoms with Crippen LogP contribution in [0.3, 0.4) is 0 Å². The number of benzene rings is 1. The lowest BCUT2D eigenvalue weighted by atomic mass is 9.82. The minimum absolute atomic E-state index is 0.317. The van der Waals surface area contributed by atoms with Gasteiger partial charge in [-0.25, -0.2) is 14.2 Å². The van der Waals surface area contributed by atoms with E-state index in [1.54, 1.807) is 32.9 Å². The second-order valence-electron chi connectivity index (χ2n) is 7.08. The Morgan fingerprint density at radius 1 is 1.31 bits per heavy atom. The van der Waals surface area contributed by atoms with Gasteiger partial charge < -0.3 is 15.0 Å². The fourth-order valence-electron chi connectivity index (χ4n) is 3.23. The first-order chi connectivity index (χ1) is 13.8. The van der Waals surface area contributed by atoms with Gasteiger partial charge in [0.15, 0.2) is 5.16 Å². The number of H-pyrrole nitrogens is 1. The molecule has 2 aromatic rings. The number of hydrogen-bond acceptors (Lipinski definition) is 6. The zero-order chi connectivity index (χ0) is 21.1. The minimum Gasteiger partial charge on any atom is -0.460 e. The third-order valence-corrected chi connectivity index (χ3v) is 5.51. The maximum absolute atomic E-state index is 13.5. The molecule has 0 radical (unpaired) electrons. The lowest BCUT2D eigenvalue weighted by molar-refractivity contribution is -0.143. The monoisotopic (exact) mass is 417 g/mol. The van der Waals surface area contributed by atoms with E-state index in [-0.39, 0.29) is 11.7 Å². The number of anilines is 1. The van der Waals surface area contributed by atoms with Gasteiger partial charge in [-0.15, -0.1) is 0 Å². The van der Waals surface area contributed by atoms with Crippen molar-refractivity contribution < 1.29 is 13.9 Å². The number of rotatable bonds is 6. The van der Waals surface area contributed by atoms with Crippen molar-refractivity contribution in [2.75, 3.05) is 11.1 Å². The van der Waals surface area contributed by atoms with Crippen molar-refractivity contribution in [1.29, 1.82) is 0 Å². The lowest BCUT2D eigenvalue weighted by Gasteiger charge is -2.29. The van der Waals surface area contributed by atoms with Gasteiger partial charge in [0.05, 0.1) is 23.2 Å². The standard InChI is InChI=1S/C21H24FN3O3S/c1-5-10-29-21-24-18-17(19(26)25-21)16(13-6-8-14(22)9-7-13)15(12(4)23-18)20(27)28-11(2)3/h6-9,11,16H,5,10H2,1-4H3,(H2,23,24,25,26)/t16-/m1/s1. The normalized spacial score (nSPS) is 15.9. The molecule has 1 aromatic heterocycles. The number of nitrogens with zero attached hydrogens (tertiary/aromatic N) is 1. The first kappa shape index (κ1) is 21.1. The van der Waals surface area contributed by atoms with E-state index in [2.05, 4.69) is 15.3 Å². The number of nitrogens with one attached hydrogen (secondary N) is 2. The molecule has 0 unspecified atom stereocenters. The predicted molar refractivity (Wildman–Crippen MR) is 112 cm³/mol. The third kappa shape index (κ3) is 4.53. The number of carbonyl (C=O) groups excluding carboxylic acids is 1. The summed E-state index contributed by atoms with van der Waals surface area (Å²) in [4.78, 5) is 33.2.